The van der Waals surface area contributed by atoms with Gasteiger partial charge in [-0.3, -0.25) is 19.2 Å². The molecule has 4 atom stereocenters. The van der Waals surface area contributed by atoms with Crippen molar-refractivity contribution in [2.24, 2.45) is 0 Å². The number of carbonyl (C=O) groups is 7. The molecule has 1 aromatic rings. The Morgan fingerprint density at radius 3 is 1.78 bits per heavy atom. The van der Waals surface area contributed by atoms with Crippen LogP contribution in [0.25, 0.3) is 5.32 Å². The van der Waals surface area contributed by atoms with Gasteiger partial charge < -0.3 is 73.6 Å². The summed E-state index contributed by atoms with van der Waals surface area (Å²) in [6.45, 7) is 7.09. The summed E-state index contributed by atoms with van der Waals surface area (Å²) < 4.78 is 0. The molecule has 1 saturated heterocycles. The SMILES string of the molecule is O=C(O)CC[C@H](NC(=O)N[C@@H](CCC(=O)N[C@@H](CCC(=O)O)C(=O)NCCCCCCNC(=S)Nc1ccc(CC2CNCCNCCNCC[N-]2)cc1)C(=O)O)C(=O)O. The second kappa shape index (κ2) is 30.0. The van der Waals surface area contributed by atoms with E-state index in [4.69, 9.17) is 27.7 Å². The van der Waals surface area contributed by atoms with Crippen molar-refractivity contribution in [2.45, 2.75) is 94.8 Å². The Kier molecular flexibility index (Phi) is 25.5. The Balaban J connectivity index is 1.69. The van der Waals surface area contributed by atoms with Gasteiger partial charge in [0.15, 0.2) is 5.11 Å². The van der Waals surface area contributed by atoms with E-state index in [1.54, 1.807) is 0 Å². The molecule has 1 fully saturated rings. The average molecular weight is 866 g/mol. The van der Waals surface area contributed by atoms with Crippen LogP contribution in [-0.2, 0) is 35.2 Å². The van der Waals surface area contributed by atoms with Gasteiger partial charge in [0.25, 0.3) is 0 Å². The highest BCUT2D eigenvalue weighted by Crippen LogP contribution is 2.14. The van der Waals surface area contributed by atoms with Crippen LogP contribution in [0.2, 0.25) is 0 Å². The molecule has 0 saturated carbocycles. The molecule has 1 aliphatic rings. The summed E-state index contributed by atoms with van der Waals surface area (Å²) in [6.07, 6.45) is 1.28. The van der Waals surface area contributed by atoms with Crippen molar-refractivity contribution in [3.05, 3.63) is 35.1 Å². The Morgan fingerprint density at radius 2 is 1.20 bits per heavy atom. The Labute approximate surface area is 354 Å². The maximum atomic E-state index is 12.9. The average Bonchev–Trinajstić information content (AvgIpc) is 3.18. The van der Waals surface area contributed by atoms with Gasteiger partial charge in [-0.25, -0.2) is 14.4 Å². The highest BCUT2D eigenvalue weighted by molar-refractivity contribution is 7.80. The van der Waals surface area contributed by atoms with Crippen molar-refractivity contribution in [1.82, 2.24) is 42.5 Å². The van der Waals surface area contributed by atoms with Gasteiger partial charge in [-0.15, -0.1) is 12.6 Å². The molecule has 0 bridgehead atoms. The number of thiocarbonyl (C=S) groups is 1. The minimum Gasteiger partial charge on any atom is -0.657 e. The zero-order valence-corrected chi connectivity index (χ0v) is 34.6. The maximum Gasteiger partial charge on any atom is 0.326 e. The fraction of sp³-hybridized carbons (Fsp3) is 0.632. The lowest BCUT2D eigenvalue weighted by molar-refractivity contribution is -0.141. The fourth-order valence-corrected chi connectivity index (χ4v) is 6.15. The summed E-state index contributed by atoms with van der Waals surface area (Å²) in [7, 11) is 0. The van der Waals surface area contributed by atoms with Crippen LogP contribution in [0.4, 0.5) is 10.5 Å². The molecule has 336 valence electrons. The number of urea groups is 1. The van der Waals surface area contributed by atoms with Crippen molar-refractivity contribution in [3.8, 4) is 0 Å². The third kappa shape index (κ3) is 24.1. The van der Waals surface area contributed by atoms with Crippen LogP contribution in [0.3, 0.4) is 0 Å². The third-order valence-corrected chi connectivity index (χ3v) is 9.44. The first-order chi connectivity index (χ1) is 28.7. The molecule has 1 aliphatic heterocycles. The van der Waals surface area contributed by atoms with E-state index in [0.29, 0.717) is 18.1 Å². The van der Waals surface area contributed by atoms with Gasteiger partial charge in [-0.2, -0.15) is 0 Å². The first kappa shape index (κ1) is 51.0. The number of anilines is 1. The van der Waals surface area contributed by atoms with Gasteiger partial charge >= 0.3 is 29.9 Å². The number of nitrogens with zero attached hydrogens (tertiary/aromatic N) is 1. The van der Waals surface area contributed by atoms with E-state index < -0.39 is 92.0 Å². The second-order valence-corrected chi connectivity index (χ2v) is 14.6. The highest BCUT2D eigenvalue weighted by Gasteiger charge is 2.27. The Morgan fingerprint density at radius 1 is 0.667 bits per heavy atom. The predicted octanol–water partition coefficient (Wildman–Crippen LogP) is -0.0830. The number of amides is 4. The number of hydrogen-bond donors (Lipinski definition) is 13. The molecule has 0 spiro atoms. The van der Waals surface area contributed by atoms with Crippen LogP contribution in [0.15, 0.2) is 24.3 Å². The second-order valence-electron chi connectivity index (χ2n) is 14.2. The van der Waals surface area contributed by atoms with Gasteiger partial charge in [-0.1, -0.05) is 25.0 Å². The fourth-order valence-electron chi connectivity index (χ4n) is 5.93. The first-order valence-electron chi connectivity index (χ1n) is 20.2. The summed E-state index contributed by atoms with van der Waals surface area (Å²) in [5, 5.41) is 67.8. The first-order valence-corrected chi connectivity index (χ1v) is 20.6. The van der Waals surface area contributed by atoms with Gasteiger partial charge in [-0.05, 0) is 81.5 Å². The third-order valence-electron chi connectivity index (χ3n) is 9.20. The zero-order valence-electron chi connectivity index (χ0n) is 33.8. The standard InChI is InChI=1S/C38H61N10O11S/c49-31(12-9-29(35(55)56)47-37(59)48-30(36(57)58)11-14-33(52)53)46-28(10-13-32(50)51)34(54)43-15-3-1-2-4-16-44-38(60)45-26-7-5-25(6-8-26)23-27-24-41-20-19-39-17-18-40-21-22-42-27/h5-8,27-30,39-41H,1-4,9-24H2,(H,43,54)(H,46,49)(H,50,51)(H,52,53)(H,55,56)(H,57,58)(H2,44,45,60)(H2,47,48,59)/q-1/t27?,28-,29-,30-/m0/s1. The van der Waals surface area contributed by atoms with Gasteiger partial charge in [0.1, 0.15) is 18.1 Å². The summed E-state index contributed by atoms with van der Waals surface area (Å²) in [6, 6.07) is 2.68. The van der Waals surface area contributed by atoms with E-state index in [2.05, 4.69) is 49.4 Å². The number of unbranched alkanes of at least 4 members (excludes halogenated alkanes) is 3. The van der Waals surface area contributed by atoms with Crippen LogP contribution < -0.4 is 47.9 Å². The van der Waals surface area contributed by atoms with Crippen molar-refractivity contribution >= 4 is 64.7 Å². The Bertz CT molecular complexity index is 1530. The zero-order chi connectivity index (χ0) is 44.1. The molecule has 1 unspecified atom stereocenters. The summed E-state index contributed by atoms with van der Waals surface area (Å²) in [5.41, 5.74) is 2.07. The summed E-state index contributed by atoms with van der Waals surface area (Å²) in [4.78, 5) is 82.7. The number of rotatable bonds is 25. The molecular weight excluding hydrogens is 805 g/mol. The van der Waals surface area contributed by atoms with Crippen LogP contribution in [0, 0.1) is 0 Å². The van der Waals surface area contributed by atoms with E-state index in [-0.39, 0.29) is 19.0 Å². The minimum atomic E-state index is -1.64. The molecule has 1 heterocycles. The number of carboxylic acid groups (broad SMARTS) is 4. The number of nitrogens with one attached hydrogen (secondary N) is 9. The normalized spacial score (nSPS) is 16.2. The molecule has 4 amide bonds. The lowest BCUT2D eigenvalue weighted by Gasteiger charge is -2.33. The lowest BCUT2D eigenvalue weighted by atomic mass is 10.1. The molecule has 1 aromatic carbocycles. The number of carboxylic acids is 4. The molecule has 22 heteroatoms. The molecular formula is C38H61N10O11S-. The van der Waals surface area contributed by atoms with Crippen LogP contribution in [0.5, 0.6) is 0 Å². The van der Waals surface area contributed by atoms with E-state index >= 15 is 0 Å². The maximum absolute atomic E-state index is 12.9. The molecule has 2 rings (SSSR count). The van der Waals surface area contributed by atoms with Crippen molar-refractivity contribution in [2.75, 3.05) is 64.2 Å². The van der Waals surface area contributed by atoms with Crippen LogP contribution >= 0.6 is 12.2 Å². The number of benzene rings is 1. The van der Waals surface area contributed by atoms with Crippen LogP contribution in [-0.4, -0.2) is 150 Å². The predicted molar refractivity (Wildman–Crippen MR) is 226 cm³/mol. The minimum absolute atomic E-state index is 0.191. The van der Waals surface area contributed by atoms with E-state index in [9.17, 15) is 43.8 Å². The van der Waals surface area contributed by atoms with Crippen molar-refractivity contribution in [1.29, 1.82) is 0 Å². The van der Waals surface area contributed by atoms with E-state index in [1.807, 2.05) is 22.8 Å². The molecule has 60 heavy (non-hydrogen) atoms. The lowest BCUT2D eigenvalue weighted by Crippen LogP contribution is -2.51. The topological polar surface area (TPSA) is 323 Å². The van der Waals surface area contributed by atoms with Crippen molar-refractivity contribution < 1.29 is 54.0 Å². The number of aliphatic carboxylic acids is 4. The van der Waals surface area contributed by atoms with Crippen LogP contribution in [0.1, 0.15) is 69.8 Å². The van der Waals surface area contributed by atoms with Gasteiger partial charge in [0.05, 0.1) is 0 Å². The smallest absolute Gasteiger partial charge is 0.326 e. The molecule has 0 radical (unpaired) electrons. The van der Waals surface area contributed by atoms with Gasteiger partial charge in [0, 0.05) is 64.2 Å². The van der Waals surface area contributed by atoms with E-state index in [1.165, 1.54) is 5.56 Å². The summed E-state index contributed by atoms with van der Waals surface area (Å²) >= 11 is 5.46. The van der Waals surface area contributed by atoms with E-state index in [0.717, 1.165) is 77.2 Å². The monoisotopic (exact) mass is 865 g/mol. The van der Waals surface area contributed by atoms with Crippen molar-refractivity contribution in [3.63, 3.8) is 0 Å². The molecule has 0 aromatic heterocycles. The molecule has 0 aliphatic carbocycles. The Hall–Kier alpha value is -5.16. The largest absolute Gasteiger partial charge is 0.657 e. The highest BCUT2D eigenvalue weighted by atomic mass is 32.1. The number of carbonyl (C=O) groups excluding carboxylic acids is 3. The molecule has 21 nitrogen and oxygen atoms in total. The summed E-state index contributed by atoms with van der Waals surface area (Å²) in [5.74, 6) is -6.93. The number of hydrogen-bond acceptors (Lipinski definition) is 11. The van der Waals surface area contributed by atoms with Gasteiger partial charge in [0.2, 0.25) is 11.8 Å². The quantitative estimate of drug-likeness (QED) is 0.0451. The molecule has 13 N–H and O–H groups in total.